The van der Waals surface area contributed by atoms with Gasteiger partial charge in [0.25, 0.3) is 17.7 Å². The van der Waals surface area contributed by atoms with E-state index in [0.717, 1.165) is 10.4 Å². The van der Waals surface area contributed by atoms with Gasteiger partial charge in [-0.3, -0.25) is 19.2 Å². The van der Waals surface area contributed by atoms with Crippen molar-refractivity contribution >= 4 is 46.4 Å². The summed E-state index contributed by atoms with van der Waals surface area (Å²) >= 11 is 1.36. The van der Waals surface area contributed by atoms with E-state index in [-0.39, 0.29) is 23.8 Å². The third-order valence-corrected chi connectivity index (χ3v) is 8.73. The molecule has 1 aliphatic rings. The summed E-state index contributed by atoms with van der Waals surface area (Å²) in [6.07, 6.45) is 0.403. The van der Waals surface area contributed by atoms with Gasteiger partial charge in [-0.25, -0.2) is 0 Å². The molecule has 2 heterocycles. The SMILES string of the molecule is Cc1cccc(C(=O)Nc2cc(C(=O)NC(CC(=O)O)c3cccs3)ccc2N2CCCN(C(=O)c3ccc(C#N)cc3)CC2)c1. The highest BCUT2D eigenvalue weighted by molar-refractivity contribution is 7.10. The quantitative estimate of drug-likeness (QED) is 0.221. The van der Waals surface area contributed by atoms with E-state index in [1.165, 1.54) is 11.3 Å². The number of nitrogens with one attached hydrogen (secondary N) is 2. The molecule has 10 nitrogen and oxygen atoms in total. The van der Waals surface area contributed by atoms with Crippen LogP contribution in [-0.4, -0.2) is 59.9 Å². The molecular formula is C35H33N5O5S. The Morgan fingerprint density at radius 3 is 2.35 bits per heavy atom. The molecule has 1 unspecified atom stereocenters. The second-order valence-electron chi connectivity index (χ2n) is 11.0. The molecule has 1 aliphatic heterocycles. The predicted molar refractivity (Wildman–Crippen MR) is 176 cm³/mol. The number of rotatable bonds is 9. The number of benzene rings is 3. The molecule has 0 bridgehead atoms. The number of nitriles is 1. The summed E-state index contributed by atoms with van der Waals surface area (Å²) < 4.78 is 0. The third kappa shape index (κ3) is 7.78. The van der Waals surface area contributed by atoms with Gasteiger partial charge >= 0.3 is 5.97 Å². The number of hydrogen-bond acceptors (Lipinski definition) is 7. The summed E-state index contributed by atoms with van der Waals surface area (Å²) in [6.45, 7) is 3.96. The van der Waals surface area contributed by atoms with Crippen molar-refractivity contribution in [2.24, 2.45) is 0 Å². The molecule has 0 saturated carbocycles. The van der Waals surface area contributed by atoms with Crippen molar-refractivity contribution in [3.63, 3.8) is 0 Å². The maximum absolute atomic E-state index is 13.4. The molecule has 3 N–H and O–H groups in total. The van der Waals surface area contributed by atoms with Crippen LogP contribution in [0.4, 0.5) is 11.4 Å². The zero-order valence-electron chi connectivity index (χ0n) is 25.2. The zero-order valence-corrected chi connectivity index (χ0v) is 26.0. The molecule has 3 amide bonds. The van der Waals surface area contributed by atoms with E-state index in [1.807, 2.05) is 18.4 Å². The van der Waals surface area contributed by atoms with Crippen LogP contribution in [-0.2, 0) is 4.79 Å². The lowest BCUT2D eigenvalue weighted by atomic mass is 10.1. The van der Waals surface area contributed by atoms with Gasteiger partial charge in [0.2, 0.25) is 0 Å². The van der Waals surface area contributed by atoms with Gasteiger partial charge in [0.1, 0.15) is 0 Å². The number of anilines is 2. The Hall–Kier alpha value is -5.47. The number of carbonyl (C=O) groups excluding carboxylic acids is 3. The van der Waals surface area contributed by atoms with Crippen LogP contribution in [0.1, 0.15) is 66.0 Å². The molecule has 234 valence electrons. The lowest BCUT2D eigenvalue weighted by Gasteiger charge is -2.27. The van der Waals surface area contributed by atoms with E-state index in [9.17, 15) is 24.3 Å². The van der Waals surface area contributed by atoms with Crippen molar-refractivity contribution in [3.8, 4) is 6.07 Å². The number of carbonyl (C=O) groups is 4. The second-order valence-corrected chi connectivity index (χ2v) is 12.0. The van der Waals surface area contributed by atoms with E-state index in [0.29, 0.717) is 60.7 Å². The van der Waals surface area contributed by atoms with E-state index >= 15 is 0 Å². The van der Waals surface area contributed by atoms with Crippen LogP contribution in [0.25, 0.3) is 0 Å². The molecule has 1 aromatic heterocycles. The first-order chi connectivity index (χ1) is 22.2. The summed E-state index contributed by atoms with van der Waals surface area (Å²) in [5, 5.41) is 26.2. The minimum atomic E-state index is -1.03. The van der Waals surface area contributed by atoms with Gasteiger partial charge < -0.3 is 25.5 Å². The zero-order chi connectivity index (χ0) is 32.6. The fourth-order valence-electron chi connectivity index (χ4n) is 5.39. The molecule has 0 radical (unpaired) electrons. The highest BCUT2D eigenvalue weighted by Crippen LogP contribution is 2.30. The predicted octanol–water partition coefficient (Wildman–Crippen LogP) is 5.48. The number of amides is 3. The molecule has 5 rings (SSSR count). The number of carboxylic acid groups (broad SMARTS) is 1. The number of carboxylic acids is 1. The summed E-state index contributed by atoms with van der Waals surface area (Å²) in [6, 6.07) is 23.7. The van der Waals surface area contributed by atoms with Gasteiger partial charge in [0.05, 0.1) is 35.5 Å². The molecule has 0 aliphatic carbocycles. The normalized spacial score (nSPS) is 13.7. The first-order valence-corrected chi connectivity index (χ1v) is 15.7. The van der Waals surface area contributed by atoms with Crippen molar-refractivity contribution in [1.82, 2.24) is 10.2 Å². The maximum Gasteiger partial charge on any atom is 0.305 e. The summed E-state index contributed by atoms with van der Waals surface area (Å²) in [7, 11) is 0. The largest absolute Gasteiger partial charge is 0.481 e. The van der Waals surface area contributed by atoms with Gasteiger partial charge in [-0.2, -0.15) is 5.26 Å². The minimum absolute atomic E-state index is 0.118. The first kappa shape index (κ1) is 31.9. The lowest BCUT2D eigenvalue weighted by Crippen LogP contribution is -2.35. The Kier molecular flexibility index (Phi) is 10.1. The Morgan fingerprint density at radius 1 is 0.891 bits per heavy atom. The topological polar surface area (TPSA) is 143 Å². The average Bonchev–Trinajstić information content (AvgIpc) is 3.49. The van der Waals surface area contributed by atoms with Gasteiger partial charge in [-0.1, -0.05) is 23.8 Å². The van der Waals surface area contributed by atoms with Crippen LogP contribution in [0.3, 0.4) is 0 Å². The van der Waals surface area contributed by atoms with Crippen LogP contribution in [0.15, 0.2) is 84.2 Å². The highest BCUT2D eigenvalue weighted by Gasteiger charge is 2.25. The van der Waals surface area contributed by atoms with Gasteiger partial charge in [-0.05, 0) is 79.4 Å². The van der Waals surface area contributed by atoms with Crippen LogP contribution in [0.5, 0.6) is 0 Å². The van der Waals surface area contributed by atoms with E-state index < -0.39 is 17.9 Å². The number of thiophene rings is 1. The monoisotopic (exact) mass is 635 g/mol. The van der Waals surface area contributed by atoms with Crippen LogP contribution < -0.4 is 15.5 Å². The van der Waals surface area contributed by atoms with Crippen molar-refractivity contribution in [2.45, 2.75) is 25.8 Å². The smallest absolute Gasteiger partial charge is 0.305 e. The van der Waals surface area contributed by atoms with Crippen molar-refractivity contribution in [1.29, 1.82) is 5.26 Å². The van der Waals surface area contributed by atoms with Crippen molar-refractivity contribution < 1.29 is 24.3 Å². The average molecular weight is 636 g/mol. The molecular weight excluding hydrogens is 602 g/mol. The maximum atomic E-state index is 13.4. The molecule has 1 fully saturated rings. The van der Waals surface area contributed by atoms with E-state index in [2.05, 4.69) is 21.6 Å². The van der Waals surface area contributed by atoms with Crippen LogP contribution >= 0.6 is 11.3 Å². The van der Waals surface area contributed by atoms with Gasteiger partial charge in [-0.15, -0.1) is 11.3 Å². The summed E-state index contributed by atoms with van der Waals surface area (Å²) in [5.41, 5.74) is 3.79. The van der Waals surface area contributed by atoms with Crippen LogP contribution in [0, 0.1) is 18.3 Å². The Bertz CT molecular complexity index is 1780. The van der Waals surface area contributed by atoms with Gasteiger partial charge in [0, 0.05) is 47.7 Å². The molecule has 4 aromatic rings. The Balaban J connectivity index is 1.40. The first-order valence-electron chi connectivity index (χ1n) is 14.8. The Morgan fingerprint density at radius 2 is 1.65 bits per heavy atom. The van der Waals surface area contributed by atoms with E-state index in [4.69, 9.17) is 5.26 Å². The lowest BCUT2D eigenvalue weighted by molar-refractivity contribution is -0.137. The number of aliphatic carboxylic acids is 1. The highest BCUT2D eigenvalue weighted by atomic mass is 32.1. The third-order valence-electron chi connectivity index (χ3n) is 7.74. The Labute approximate surface area is 270 Å². The molecule has 11 heteroatoms. The number of aryl methyl sites for hydroxylation is 1. The summed E-state index contributed by atoms with van der Waals surface area (Å²) in [4.78, 5) is 56.2. The van der Waals surface area contributed by atoms with Crippen molar-refractivity contribution in [3.05, 3.63) is 117 Å². The summed E-state index contributed by atoms with van der Waals surface area (Å²) in [5.74, 6) is -1.95. The molecule has 3 aromatic carbocycles. The molecule has 1 saturated heterocycles. The molecule has 1 atom stereocenters. The van der Waals surface area contributed by atoms with Gasteiger partial charge in [0.15, 0.2) is 0 Å². The standard InChI is InChI=1S/C35H33N5O5S/c1-23-5-2-6-26(19-23)33(43)37-28-20-27(34(44)38-29(21-32(41)42)31-7-3-18-46-31)12-13-30(28)39-14-4-15-40(17-16-39)35(45)25-10-8-24(22-36)9-11-25/h2-3,5-13,18-20,29H,4,14-17,21H2,1H3,(H,37,43)(H,38,44)(H,41,42). The molecule has 46 heavy (non-hydrogen) atoms. The molecule has 0 spiro atoms. The van der Waals surface area contributed by atoms with Crippen molar-refractivity contribution in [2.75, 3.05) is 36.4 Å². The van der Waals surface area contributed by atoms with Crippen LogP contribution in [0.2, 0.25) is 0 Å². The second kappa shape index (κ2) is 14.5. The number of hydrogen-bond donors (Lipinski definition) is 3. The van der Waals surface area contributed by atoms with E-state index in [1.54, 1.807) is 77.7 Å². The number of nitrogens with zero attached hydrogens (tertiary/aromatic N) is 3. The minimum Gasteiger partial charge on any atom is -0.481 e. The fourth-order valence-corrected chi connectivity index (χ4v) is 6.17. The fraction of sp³-hybridized carbons (Fsp3) is 0.229.